The Morgan fingerprint density at radius 2 is 2.06 bits per heavy atom. The largest absolute Gasteiger partial charge is 0.341 e. The van der Waals surface area contributed by atoms with Crippen molar-refractivity contribution in [2.45, 2.75) is 31.7 Å². The van der Waals surface area contributed by atoms with Gasteiger partial charge in [-0.25, -0.2) is 0 Å². The predicted molar refractivity (Wildman–Crippen MR) is 64.0 cm³/mol. The Bertz CT molecular complexity index is 251. The molecule has 16 heavy (non-hydrogen) atoms. The molecular weight excluding hydrogens is 202 g/mol. The number of carbonyl (C=O) groups is 1. The topological polar surface area (TPSA) is 49.6 Å². The van der Waals surface area contributed by atoms with Crippen molar-refractivity contribution in [3.8, 4) is 0 Å². The molecule has 0 aromatic rings. The molecule has 2 saturated heterocycles. The molecule has 2 atom stereocenters. The smallest absolute Gasteiger partial charge is 0.239 e. The maximum absolute atomic E-state index is 12.0. The van der Waals surface area contributed by atoms with Crippen molar-refractivity contribution in [1.29, 1.82) is 0 Å². The Morgan fingerprint density at radius 3 is 2.62 bits per heavy atom. The second-order valence-electron chi connectivity index (χ2n) is 5.29. The third kappa shape index (κ3) is 2.74. The molecule has 2 aliphatic rings. The van der Waals surface area contributed by atoms with E-state index in [1.165, 1.54) is 6.42 Å². The molecule has 2 aliphatic heterocycles. The van der Waals surface area contributed by atoms with Crippen LogP contribution < -0.4 is 5.73 Å². The van der Waals surface area contributed by atoms with E-state index in [-0.39, 0.29) is 11.9 Å². The van der Waals surface area contributed by atoms with E-state index in [2.05, 4.69) is 11.9 Å². The zero-order valence-corrected chi connectivity index (χ0v) is 10.2. The molecule has 1 amide bonds. The SMILES string of the molecule is CN1CCC(CC(N)C(=O)N2CCCC2)C1. The van der Waals surface area contributed by atoms with Crippen LogP contribution in [0.1, 0.15) is 25.7 Å². The van der Waals surface area contributed by atoms with E-state index in [0.29, 0.717) is 5.92 Å². The number of amides is 1. The van der Waals surface area contributed by atoms with Crippen LogP contribution in [0.25, 0.3) is 0 Å². The van der Waals surface area contributed by atoms with Crippen molar-refractivity contribution >= 4 is 5.91 Å². The summed E-state index contributed by atoms with van der Waals surface area (Å²) in [5.74, 6) is 0.790. The molecule has 2 fully saturated rings. The molecular formula is C12H23N3O. The first-order valence-electron chi connectivity index (χ1n) is 6.39. The van der Waals surface area contributed by atoms with Gasteiger partial charge in [0.1, 0.15) is 0 Å². The average Bonchev–Trinajstić information content (AvgIpc) is 2.88. The lowest BCUT2D eigenvalue weighted by Gasteiger charge is -2.22. The van der Waals surface area contributed by atoms with Gasteiger partial charge < -0.3 is 15.5 Å². The Labute approximate surface area is 97.8 Å². The monoisotopic (exact) mass is 225 g/mol. The van der Waals surface area contributed by atoms with E-state index in [4.69, 9.17) is 5.73 Å². The van der Waals surface area contributed by atoms with Crippen LogP contribution in [0, 0.1) is 5.92 Å². The van der Waals surface area contributed by atoms with Crippen LogP contribution in [0.5, 0.6) is 0 Å². The van der Waals surface area contributed by atoms with Gasteiger partial charge in [-0.3, -0.25) is 4.79 Å². The summed E-state index contributed by atoms with van der Waals surface area (Å²) in [6.07, 6.45) is 4.34. The molecule has 0 spiro atoms. The molecule has 4 heteroatoms. The van der Waals surface area contributed by atoms with E-state index in [0.717, 1.165) is 45.4 Å². The molecule has 0 aliphatic carbocycles. The number of nitrogens with zero attached hydrogens (tertiary/aromatic N) is 2. The van der Waals surface area contributed by atoms with Crippen molar-refractivity contribution in [1.82, 2.24) is 9.80 Å². The Kier molecular flexibility index (Phi) is 3.82. The number of rotatable bonds is 3. The minimum Gasteiger partial charge on any atom is -0.341 e. The highest BCUT2D eigenvalue weighted by Crippen LogP contribution is 2.20. The van der Waals surface area contributed by atoms with Crippen molar-refractivity contribution in [3.63, 3.8) is 0 Å². The van der Waals surface area contributed by atoms with Gasteiger partial charge >= 0.3 is 0 Å². The van der Waals surface area contributed by atoms with Crippen molar-refractivity contribution in [2.24, 2.45) is 11.7 Å². The van der Waals surface area contributed by atoms with E-state index in [1.54, 1.807) is 0 Å². The van der Waals surface area contributed by atoms with Crippen LogP contribution in [0.2, 0.25) is 0 Å². The lowest BCUT2D eigenvalue weighted by molar-refractivity contribution is -0.131. The molecule has 2 N–H and O–H groups in total. The quantitative estimate of drug-likeness (QED) is 0.750. The highest BCUT2D eigenvalue weighted by atomic mass is 16.2. The fourth-order valence-electron chi connectivity index (χ4n) is 2.85. The summed E-state index contributed by atoms with van der Waals surface area (Å²) in [6, 6.07) is -0.269. The summed E-state index contributed by atoms with van der Waals surface area (Å²) in [4.78, 5) is 16.3. The minimum atomic E-state index is -0.269. The van der Waals surface area contributed by atoms with Crippen LogP contribution in [0.4, 0.5) is 0 Å². The highest BCUT2D eigenvalue weighted by molar-refractivity contribution is 5.81. The van der Waals surface area contributed by atoms with Crippen molar-refractivity contribution in [3.05, 3.63) is 0 Å². The second-order valence-corrected chi connectivity index (χ2v) is 5.29. The lowest BCUT2D eigenvalue weighted by Crippen LogP contribution is -2.43. The van der Waals surface area contributed by atoms with Gasteiger partial charge in [-0.15, -0.1) is 0 Å². The number of carbonyl (C=O) groups excluding carboxylic acids is 1. The zero-order chi connectivity index (χ0) is 11.5. The van der Waals surface area contributed by atoms with Crippen molar-refractivity contribution in [2.75, 3.05) is 33.2 Å². The van der Waals surface area contributed by atoms with Gasteiger partial charge in [0.25, 0.3) is 0 Å². The third-order valence-corrected chi connectivity index (χ3v) is 3.81. The van der Waals surface area contributed by atoms with Gasteiger partial charge in [-0.1, -0.05) is 0 Å². The number of hydrogen-bond donors (Lipinski definition) is 1. The van der Waals surface area contributed by atoms with E-state index >= 15 is 0 Å². The Morgan fingerprint density at radius 1 is 1.38 bits per heavy atom. The summed E-state index contributed by atoms with van der Waals surface area (Å²) in [6.45, 7) is 4.07. The van der Waals surface area contributed by atoms with Gasteiger partial charge in [-0.05, 0) is 45.2 Å². The van der Waals surface area contributed by atoms with Gasteiger partial charge in [0.2, 0.25) is 5.91 Å². The maximum atomic E-state index is 12.0. The van der Waals surface area contributed by atoms with Crippen LogP contribution in [-0.2, 0) is 4.79 Å². The molecule has 0 bridgehead atoms. The summed E-state index contributed by atoms with van der Waals surface area (Å²) >= 11 is 0. The Hall–Kier alpha value is -0.610. The average molecular weight is 225 g/mol. The zero-order valence-electron chi connectivity index (χ0n) is 10.2. The molecule has 4 nitrogen and oxygen atoms in total. The van der Waals surface area contributed by atoms with Crippen LogP contribution >= 0.6 is 0 Å². The van der Waals surface area contributed by atoms with Gasteiger partial charge in [0.15, 0.2) is 0 Å². The van der Waals surface area contributed by atoms with Gasteiger partial charge in [0.05, 0.1) is 6.04 Å². The highest BCUT2D eigenvalue weighted by Gasteiger charge is 2.28. The summed E-state index contributed by atoms with van der Waals surface area (Å²) in [5, 5.41) is 0. The first-order chi connectivity index (χ1) is 7.66. The summed E-state index contributed by atoms with van der Waals surface area (Å²) in [7, 11) is 2.13. The first kappa shape index (κ1) is 11.9. The van der Waals surface area contributed by atoms with Gasteiger partial charge in [0, 0.05) is 19.6 Å². The van der Waals surface area contributed by atoms with E-state index in [1.807, 2.05) is 4.90 Å². The lowest BCUT2D eigenvalue weighted by atomic mass is 9.99. The van der Waals surface area contributed by atoms with Crippen molar-refractivity contribution < 1.29 is 4.79 Å². The molecule has 0 radical (unpaired) electrons. The molecule has 0 aromatic heterocycles. The van der Waals surface area contributed by atoms with Gasteiger partial charge in [-0.2, -0.15) is 0 Å². The molecule has 2 rings (SSSR count). The van der Waals surface area contributed by atoms with Crippen LogP contribution in [-0.4, -0.2) is 55.0 Å². The predicted octanol–water partition coefficient (Wildman–Crippen LogP) is 0.278. The standard InChI is InChI=1S/C12H23N3O/c1-14-7-4-10(9-14)8-11(13)12(16)15-5-2-3-6-15/h10-11H,2-9,13H2,1H3. The first-order valence-corrected chi connectivity index (χ1v) is 6.39. The maximum Gasteiger partial charge on any atom is 0.239 e. The fraction of sp³-hybridized carbons (Fsp3) is 0.917. The third-order valence-electron chi connectivity index (χ3n) is 3.81. The Balaban J connectivity index is 1.78. The number of hydrogen-bond acceptors (Lipinski definition) is 3. The summed E-state index contributed by atoms with van der Waals surface area (Å²) < 4.78 is 0. The fourth-order valence-corrected chi connectivity index (χ4v) is 2.85. The van der Waals surface area contributed by atoms with E-state index in [9.17, 15) is 4.79 Å². The molecule has 2 heterocycles. The second kappa shape index (κ2) is 5.15. The van der Waals surface area contributed by atoms with Crippen LogP contribution in [0.3, 0.4) is 0 Å². The molecule has 0 saturated carbocycles. The minimum absolute atomic E-state index is 0.173. The summed E-state index contributed by atoms with van der Waals surface area (Å²) in [5.41, 5.74) is 6.01. The van der Waals surface area contributed by atoms with E-state index < -0.39 is 0 Å². The number of nitrogens with two attached hydrogens (primary N) is 1. The molecule has 0 aromatic carbocycles. The van der Waals surface area contributed by atoms with Crippen LogP contribution in [0.15, 0.2) is 0 Å². The molecule has 2 unspecified atom stereocenters. The molecule has 92 valence electrons. The number of likely N-dealkylation sites (tertiary alicyclic amines) is 2. The normalized spacial score (nSPS) is 28.6.